The van der Waals surface area contributed by atoms with E-state index in [1.807, 2.05) is 13.0 Å². The van der Waals surface area contributed by atoms with E-state index in [1.54, 1.807) is 0 Å². The van der Waals surface area contributed by atoms with Crippen LogP contribution in [0, 0.1) is 18.8 Å². The molecule has 4 heteroatoms. The molecule has 1 aliphatic rings. The highest BCUT2D eigenvalue weighted by atomic mass is 16.5. The van der Waals surface area contributed by atoms with Crippen molar-refractivity contribution in [2.24, 2.45) is 11.8 Å². The molecule has 0 amide bonds. The van der Waals surface area contributed by atoms with Gasteiger partial charge in [0.1, 0.15) is 17.7 Å². The summed E-state index contributed by atoms with van der Waals surface area (Å²) in [5.41, 5.74) is 0. The van der Waals surface area contributed by atoms with Gasteiger partial charge in [0, 0.05) is 12.6 Å². The van der Waals surface area contributed by atoms with Crippen molar-refractivity contribution in [3.63, 3.8) is 0 Å². The topological polar surface area (TPSA) is 47.0 Å². The van der Waals surface area contributed by atoms with E-state index < -0.39 is 0 Å². The Balaban J connectivity index is 2.05. The van der Waals surface area contributed by atoms with Crippen LogP contribution in [0.4, 0.5) is 5.82 Å². The first-order valence-corrected chi connectivity index (χ1v) is 7.33. The van der Waals surface area contributed by atoms with Crippen LogP contribution in [0.1, 0.15) is 45.9 Å². The normalized spacial score (nSPS) is 27.1. The maximum Gasteiger partial charge on any atom is 0.218 e. The van der Waals surface area contributed by atoms with E-state index in [-0.39, 0.29) is 0 Å². The van der Waals surface area contributed by atoms with Gasteiger partial charge in [0.15, 0.2) is 0 Å². The van der Waals surface area contributed by atoms with Crippen LogP contribution in [0.25, 0.3) is 0 Å². The number of anilines is 1. The van der Waals surface area contributed by atoms with Gasteiger partial charge in [0.2, 0.25) is 5.88 Å². The van der Waals surface area contributed by atoms with E-state index in [9.17, 15) is 0 Å². The van der Waals surface area contributed by atoms with Crippen molar-refractivity contribution in [2.45, 2.75) is 53.1 Å². The van der Waals surface area contributed by atoms with Crippen molar-refractivity contribution in [1.29, 1.82) is 0 Å². The molecule has 1 N–H and O–H groups in total. The van der Waals surface area contributed by atoms with Gasteiger partial charge in [-0.1, -0.05) is 13.8 Å². The summed E-state index contributed by atoms with van der Waals surface area (Å²) in [5, 5.41) is 3.21. The Kier molecular flexibility index (Phi) is 4.61. The standard InChI is InChI=1S/C15H25N3O/c1-5-16-14-9-15(18-12(4)17-14)19-13-7-10(2)6-11(3)8-13/h9-11,13H,5-8H2,1-4H3,(H,16,17,18). The van der Waals surface area contributed by atoms with Gasteiger partial charge in [-0.25, -0.2) is 4.98 Å². The lowest BCUT2D eigenvalue weighted by Gasteiger charge is -2.31. The molecule has 0 spiro atoms. The van der Waals surface area contributed by atoms with Gasteiger partial charge in [-0.2, -0.15) is 4.98 Å². The molecule has 1 heterocycles. The molecule has 0 aliphatic heterocycles. The average molecular weight is 263 g/mol. The molecule has 1 aromatic heterocycles. The van der Waals surface area contributed by atoms with E-state index in [0.717, 1.165) is 42.9 Å². The lowest BCUT2D eigenvalue weighted by atomic mass is 9.82. The molecular formula is C15H25N3O. The second-order valence-corrected chi connectivity index (χ2v) is 5.83. The first-order valence-electron chi connectivity index (χ1n) is 7.33. The number of nitrogens with one attached hydrogen (secondary N) is 1. The SMILES string of the molecule is CCNc1cc(OC2CC(C)CC(C)C2)nc(C)n1. The summed E-state index contributed by atoms with van der Waals surface area (Å²) in [6, 6.07) is 1.90. The number of hydrogen-bond acceptors (Lipinski definition) is 4. The third kappa shape index (κ3) is 4.08. The van der Waals surface area contributed by atoms with E-state index >= 15 is 0 Å². The van der Waals surface area contributed by atoms with E-state index in [2.05, 4.69) is 36.1 Å². The number of aromatic nitrogens is 2. The maximum atomic E-state index is 6.07. The lowest BCUT2D eigenvalue weighted by Crippen LogP contribution is -2.28. The highest BCUT2D eigenvalue weighted by Crippen LogP contribution is 2.31. The van der Waals surface area contributed by atoms with Crippen LogP contribution in [0.5, 0.6) is 5.88 Å². The van der Waals surface area contributed by atoms with Gasteiger partial charge < -0.3 is 10.1 Å². The van der Waals surface area contributed by atoms with Gasteiger partial charge in [-0.15, -0.1) is 0 Å². The number of hydrogen-bond donors (Lipinski definition) is 1. The van der Waals surface area contributed by atoms with Crippen LogP contribution in [-0.2, 0) is 0 Å². The fourth-order valence-corrected chi connectivity index (χ4v) is 3.01. The predicted octanol–water partition coefficient (Wildman–Crippen LogP) is 3.42. The van der Waals surface area contributed by atoms with Gasteiger partial charge in [-0.05, 0) is 44.9 Å². The number of ether oxygens (including phenoxy) is 1. The van der Waals surface area contributed by atoms with Crippen molar-refractivity contribution in [3.05, 3.63) is 11.9 Å². The van der Waals surface area contributed by atoms with Gasteiger partial charge in [0.05, 0.1) is 0 Å². The first-order chi connectivity index (χ1) is 9.06. The Bertz CT molecular complexity index is 412. The summed E-state index contributed by atoms with van der Waals surface area (Å²) in [4.78, 5) is 8.73. The first kappa shape index (κ1) is 14.1. The van der Waals surface area contributed by atoms with Crippen molar-refractivity contribution in [2.75, 3.05) is 11.9 Å². The molecule has 19 heavy (non-hydrogen) atoms. The van der Waals surface area contributed by atoms with E-state index in [4.69, 9.17) is 4.74 Å². The molecule has 0 aromatic carbocycles. The zero-order valence-corrected chi connectivity index (χ0v) is 12.4. The van der Waals surface area contributed by atoms with E-state index in [0.29, 0.717) is 12.0 Å². The molecule has 2 atom stereocenters. The molecule has 1 saturated carbocycles. The maximum absolute atomic E-state index is 6.07. The van der Waals surface area contributed by atoms with Crippen LogP contribution >= 0.6 is 0 Å². The molecule has 0 saturated heterocycles. The molecule has 2 rings (SSSR count). The Morgan fingerprint density at radius 1 is 1.21 bits per heavy atom. The lowest BCUT2D eigenvalue weighted by molar-refractivity contribution is 0.0965. The second-order valence-electron chi connectivity index (χ2n) is 5.83. The Labute approximate surface area is 116 Å². The predicted molar refractivity (Wildman–Crippen MR) is 77.5 cm³/mol. The number of aryl methyl sites for hydroxylation is 1. The Hall–Kier alpha value is -1.32. The number of nitrogens with zero attached hydrogens (tertiary/aromatic N) is 2. The zero-order chi connectivity index (χ0) is 13.8. The Morgan fingerprint density at radius 2 is 1.89 bits per heavy atom. The molecular weight excluding hydrogens is 238 g/mol. The van der Waals surface area contributed by atoms with Crippen LogP contribution in [0.15, 0.2) is 6.07 Å². The summed E-state index contributed by atoms with van der Waals surface area (Å²) < 4.78 is 6.07. The van der Waals surface area contributed by atoms with Crippen molar-refractivity contribution >= 4 is 5.82 Å². The average Bonchev–Trinajstić information content (AvgIpc) is 2.26. The van der Waals surface area contributed by atoms with Gasteiger partial charge in [0.25, 0.3) is 0 Å². The molecule has 0 radical (unpaired) electrons. The minimum atomic E-state index is 0.294. The van der Waals surface area contributed by atoms with Crippen LogP contribution in [-0.4, -0.2) is 22.6 Å². The quantitative estimate of drug-likeness (QED) is 0.904. The molecule has 2 unspecified atom stereocenters. The van der Waals surface area contributed by atoms with Crippen LogP contribution in [0.3, 0.4) is 0 Å². The summed E-state index contributed by atoms with van der Waals surface area (Å²) in [7, 11) is 0. The summed E-state index contributed by atoms with van der Waals surface area (Å²) in [6.45, 7) is 9.43. The van der Waals surface area contributed by atoms with Crippen molar-refractivity contribution in [3.8, 4) is 5.88 Å². The fraction of sp³-hybridized carbons (Fsp3) is 0.733. The zero-order valence-electron chi connectivity index (χ0n) is 12.4. The summed E-state index contributed by atoms with van der Waals surface area (Å²) >= 11 is 0. The monoisotopic (exact) mass is 263 g/mol. The minimum absolute atomic E-state index is 0.294. The highest BCUT2D eigenvalue weighted by molar-refractivity contribution is 5.38. The third-order valence-corrected chi connectivity index (χ3v) is 3.60. The van der Waals surface area contributed by atoms with Crippen molar-refractivity contribution in [1.82, 2.24) is 9.97 Å². The molecule has 1 aliphatic carbocycles. The molecule has 1 fully saturated rings. The van der Waals surface area contributed by atoms with Gasteiger partial charge >= 0.3 is 0 Å². The van der Waals surface area contributed by atoms with Crippen molar-refractivity contribution < 1.29 is 4.74 Å². The van der Waals surface area contributed by atoms with Crippen LogP contribution < -0.4 is 10.1 Å². The smallest absolute Gasteiger partial charge is 0.218 e. The summed E-state index contributed by atoms with van der Waals surface area (Å²) in [6.07, 6.45) is 3.86. The number of rotatable bonds is 4. The summed E-state index contributed by atoms with van der Waals surface area (Å²) in [5.74, 6) is 3.79. The fourth-order valence-electron chi connectivity index (χ4n) is 3.01. The highest BCUT2D eigenvalue weighted by Gasteiger charge is 2.25. The third-order valence-electron chi connectivity index (χ3n) is 3.60. The Morgan fingerprint density at radius 3 is 2.53 bits per heavy atom. The second kappa shape index (κ2) is 6.22. The molecule has 0 bridgehead atoms. The largest absolute Gasteiger partial charge is 0.474 e. The molecule has 1 aromatic rings. The minimum Gasteiger partial charge on any atom is -0.474 e. The van der Waals surface area contributed by atoms with Crippen LogP contribution in [0.2, 0.25) is 0 Å². The van der Waals surface area contributed by atoms with E-state index in [1.165, 1.54) is 6.42 Å². The molecule has 4 nitrogen and oxygen atoms in total. The van der Waals surface area contributed by atoms with Gasteiger partial charge in [-0.3, -0.25) is 0 Å². The molecule has 106 valence electrons.